The lowest BCUT2D eigenvalue weighted by atomic mass is 10.1. The van der Waals surface area contributed by atoms with E-state index in [2.05, 4.69) is 9.97 Å². The Morgan fingerprint density at radius 3 is 2.71 bits per heavy atom. The summed E-state index contributed by atoms with van der Waals surface area (Å²) in [4.78, 5) is 21.9. The van der Waals surface area contributed by atoms with E-state index < -0.39 is 0 Å². The van der Waals surface area contributed by atoms with Crippen LogP contribution in [0, 0.1) is 0 Å². The molecule has 1 aromatic heterocycles. The SMILES string of the molecule is CCOCCOC1CCN(C(=O)c2cnc(Cl)cn2)CC1. The van der Waals surface area contributed by atoms with Gasteiger partial charge >= 0.3 is 0 Å². The highest BCUT2D eigenvalue weighted by Crippen LogP contribution is 2.15. The summed E-state index contributed by atoms with van der Waals surface area (Å²) in [5.41, 5.74) is 0.329. The first-order chi connectivity index (χ1) is 10.2. The second-order valence-corrected chi connectivity index (χ2v) is 5.17. The van der Waals surface area contributed by atoms with Crippen molar-refractivity contribution in [3.8, 4) is 0 Å². The molecule has 2 heterocycles. The number of nitrogens with zero attached hydrogens (tertiary/aromatic N) is 3. The van der Waals surface area contributed by atoms with E-state index in [1.807, 2.05) is 6.92 Å². The molecule has 6 nitrogen and oxygen atoms in total. The molecule has 0 N–H and O–H groups in total. The molecule has 1 fully saturated rings. The minimum atomic E-state index is -0.105. The molecule has 0 spiro atoms. The lowest BCUT2D eigenvalue weighted by molar-refractivity contribution is -0.0183. The first kappa shape index (κ1) is 16.1. The summed E-state index contributed by atoms with van der Waals surface area (Å²) in [5, 5.41) is 0.285. The van der Waals surface area contributed by atoms with Crippen LogP contribution in [-0.4, -0.2) is 59.8 Å². The number of hydrogen-bond donors (Lipinski definition) is 0. The van der Waals surface area contributed by atoms with Crippen LogP contribution in [0.25, 0.3) is 0 Å². The lowest BCUT2D eigenvalue weighted by Crippen LogP contribution is -2.41. The third-order valence-corrected chi connectivity index (χ3v) is 3.55. The first-order valence-corrected chi connectivity index (χ1v) is 7.54. The zero-order valence-corrected chi connectivity index (χ0v) is 12.9. The van der Waals surface area contributed by atoms with Crippen LogP contribution in [0.3, 0.4) is 0 Å². The number of aromatic nitrogens is 2. The average molecular weight is 314 g/mol. The van der Waals surface area contributed by atoms with Gasteiger partial charge in [-0.15, -0.1) is 0 Å². The quantitative estimate of drug-likeness (QED) is 0.749. The first-order valence-electron chi connectivity index (χ1n) is 7.17. The zero-order chi connectivity index (χ0) is 15.1. The molecule has 0 aromatic carbocycles. The molecular weight excluding hydrogens is 294 g/mol. The summed E-state index contributed by atoms with van der Waals surface area (Å²) < 4.78 is 11.0. The van der Waals surface area contributed by atoms with Gasteiger partial charge in [-0.05, 0) is 19.8 Å². The topological polar surface area (TPSA) is 64.6 Å². The molecule has 2 rings (SSSR count). The van der Waals surface area contributed by atoms with Gasteiger partial charge in [0, 0.05) is 19.7 Å². The maximum atomic E-state index is 12.2. The minimum absolute atomic E-state index is 0.105. The highest BCUT2D eigenvalue weighted by atomic mass is 35.5. The fourth-order valence-corrected chi connectivity index (χ4v) is 2.33. The van der Waals surface area contributed by atoms with Gasteiger partial charge in [0.05, 0.1) is 31.7 Å². The molecule has 0 saturated carbocycles. The van der Waals surface area contributed by atoms with E-state index in [4.69, 9.17) is 21.1 Å². The molecule has 0 bridgehead atoms. The Bertz CT molecular complexity index is 447. The maximum absolute atomic E-state index is 12.2. The molecule has 0 aliphatic carbocycles. The molecular formula is C14H20ClN3O3. The van der Waals surface area contributed by atoms with Gasteiger partial charge < -0.3 is 14.4 Å². The number of rotatable bonds is 6. The second kappa shape index (κ2) is 8.26. The van der Waals surface area contributed by atoms with Crippen LogP contribution in [0.1, 0.15) is 30.3 Å². The summed E-state index contributed by atoms with van der Waals surface area (Å²) in [7, 11) is 0. The second-order valence-electron chi connectivity index (χ2n) is 4.78. The molecule has 1 amide bonds. The highest BCUT2D eigenvalue weighted by molar-refractivity contribution is 6.29. The van der Waals surface area contributed by atoms with E-state index in [1.54, 1.807) is 4.90 Å². The normalized spacial score (nSPS) is 16.2. The fraction of sp³-hybridized carbons (Fsp3) is 0.643. The summed E-state index contributed by atoms with van der Waals surface area (Å²) in [6.45, 7) is 5.23. The predicted molar refractivity (Wildman–Crippen MR) is 78.4 cm³/mol. The van der Waals surface area contributed by atoms with Crippen LogP contribution < -0.4 is 0 Å². The van der Waals surface area contributed by atoms with Crippen LogP contribution in [0.4, 0.5) is 0 Å². The van der Waals surface area contributed by atoms with Gasteiger partial charge in [0.1, 0.15) is 10.8 Å². The standard InChI is InChI=1S/C14H20ClN3O3/c1-2-20-7-8-21-11-3-5-18(6-4-11)14(19)12-9-17-13(15)10-16-12/h9-11H,2-8H2,1H3. The van der Waals surface area contributed by atoms with Crippen molar-refractivity contribution in [3.63, 3.8) is 0 Å². The van der Waals surface area contributed by atoms with E-state index in [-0.39, 0.29) is 17.2 Å². The van der Waals surface area contributed by atoms with Gasteiger partial charge in [-0.2, -0.15) is 0 Å². The van der Waals surface area contributed by atoms with Gasteiger partial charge in [0.2, 0.25) is 0 Å². The molecule has 1 saturated heterocycles. The molecule has 0 unspecified atom stereocenters. The Morgan fingerprint density at radius 1 is 1.33 bits per heavy atom. The van der Waals surface area contributed by atoms with E-state index in [9.17, 15) is 4.79 Å². The van der Waals surface area contributed by atoms with Crippen LogP contribution in [-0.2, 0) is 9.47 Å². The van der Waals surface area contributed by atoms with Crippen molar-refractivity contribution in [1.82, 2.24) is 14.9 Å². The van der Waals surface area contributed by atoms with Crippen molar-refractivity contribution >= 4 is 17.5 Å². The molecule has 0 radical (unpaired) electrons. The Hall–Kier alpha value is -1.24. The minimum Gasteiger partial charge on any atom is -0.379 e. The van der Waals surface area contributed by atoms with Gasteiger partial charge in [-0.25, -0.2) is 9.97 Å². The molecule has 1 aliphatic rings. The number of ether oxygens (including phenoxy) is 2. The fourth-order valence-electron chi connectivity index (χ4n) is 2.23. The molecule has 21 heavy (non-hydrogen) atoms. The van der Waals surface area contributed by atoms with Gasteiger partial charge in [0.25, 0.3) is 5.91 Å². The number of hydrogen-bond acceptors (Lipinski definition) is 5. The number of carbonyl (C=O) groups excluding carboxylic acids is 1. The van der Waals surface area contributed by atoms with Crippen molar-refractivity contribution in [2.75, 3.05) is 32.9 Å². The summed E-state index contributed by atoms with van der Waals surface area (Å²) in [6.07, 6.45) is 4.66. The van der Waals surface area contributed by atoms with Crippen LogP contribution in [0.15, 0.2) is 12.4 Å². The molecule has 1 aromatic rings. The van der Waals surface area contributed by atoms with Crippen molar-refractivity contribution in [3.05, 3.63) is 23.2 Å². The van der Waals surface area contributed by atoms with Crippen molar-refractivity contribution in [2.45, 2.75) is 25.9 Å². The smallest absolute Gasteiger partial charge is 0.274 e. The third-order valence-electron chi connectivity index (χ3n) is 3.35. The summed E-state index contributed by atoms with van der Waals surface area (Å²) >= 11 is 5.67. The Kier molecular flexibility index (Phi) is 6.35. The third kappa shape index (κ3) is 4.91. The molecule has 0 atom stereocenters. The Balaban J connectivity index is 1.75. The van der Waals surface area contributed by atoms with Gasteiger partial charge in [-0.3, -0.25) is 4.79 Å². The van der Waals surface area contributed by atoms with Crippen molar-refractivity contribution in [2.24, 2.45) is 0 Å². The van der Waals surface area contributed by atoms with Crippen LogP contribution >= 0.6 is 11.6 Å². The van der Waals surface area contributed by atoms with E-state index >= 15 is 0 Å². The van der Waals surface area contributed by atoms with E-state index in [0.717, 1.165) is 12.8 Å². The average Bonchev–Trinajstić information content (AvgIpc) is 2.52. The number of piperidine rings is 1. The molecule has 116 valence electrons. The highest BCUT2D eigenvalue weighted by Gasteiger charge is 2.24. The molecule has 1 aliphatic heterocycles. The van der Waals surface area contributed by atoms with E-state index in [0.29, 0.717) is 38.6 Å². The largest absolute Gasteiger partial charge is 0.379 e. The van der Waals surface area contributed by atoms with Crippen molar-refractivity contribution in [1.29, 1.82) is 0 Å². The van der Waals surface area contributed by atoms with E-state index in [1.165, 1.54) is 12.4 Å². The Morgan fingerprint density at radius 2 is 2.10 bits per heavy atom. The monoisotopic (exact) mass is 313 g/mol. The maximum Gasteiger partial charge on any atom is 0.274 e. The summed E-state index contributed by atoms with van der Waals surface area (Å²) in [6, 6.07) is 0. The van der Waals surface area contributed by atoms with Crippen LogP contribution in [0.2, 0.25) is 5.15 Å². The van der Waals surface area contributed by atoms with Crippen LogP contribution in [0.5, 0.6) is 0 Å². The Labute approximate surface area is 129 Å². The lowest BCUT2D eigenvalue weighted by Gasteiger charge is -2.31. The van der Waals surface area contributed by atoms with Gasteiger partial charge in [0.15, 0.2) is 0 Å². The van der Waals surface area contributed by atoms with Gasteiger partial charge in [-0.1, -0.05) is 11.6 Å². The predicted octanol–water partition coefficient (Wildman–Crippen LogP) is 1.79. The number of halogens is 1. The number of amides is 1. The number of likely N-dealkylation sites (tertiary alicyclic amines) is 1. The number of carbonyl (C=O) groups is 1. The summed E-state index contributed by atoms with van der Waals surface area (Å²) in [5.74, 6) is -0.105. The zero-order valence-electron chi connectivity index (χ0n) is 12.1. The molecule has 7 heteroatoms. The van der Waals surface area contributed by atoms with Crippen molar-refractivity contribution < 1.29 is 14.3 Å².